The van der Waals surface area contributed by atoms with Gasteiger partial charge in [0, 0.05) is 36.6 Å². The molecule has 0 unspecified atom stereocenters. The fourth-order valence-electron chi connectivity index (χ4n) is 3.70. The molecule has 1 aliphatic heterocycles. The average Bonchev–Trinajstić information content (AvgIpc) is 3.14. The quantitative estimate of drug-likeness (QED) is 0.731. The van der Waals surface area contributed by atoms with Crippen LogP contribution in [0.1, 0.15) is 41.4 Å². The van der Waals surface area contributed by atoms with E-state index in [9.17, 15) is 4.79 Å². The van der Waals surface area contributed by atoms with Crippen molar-refractivity contribution in [1.82, 2.24) is 24.6 Å². The molecule has 1 amide bonds. The second-order valence-electron chi connectivity index (χ2n) is 6.95. The maximum Gasteiger partial charge on any atom is 0.257 e. The maximum atomic E-state index is 13.2. The van der Waals surface area contributed by atoms with Gasteiger partial charge in [-0.25, -0.2) is 9.97 Å². The Balaban J connectivity index is 1.77. The lowest BCUT2D eigenvalue weighted by Gasteiger charge is -2.36. The Morgan fingerprint density at radius 3 is 2.89 bits per heavy atom. The number of nitrogens with zero attached hydrogens (tertiary/aromatic N) is 5. The van der Waals surface area contributed by atoms with E-state index in [1.807, 2.05) is 29.2 Å². The van der Waals surface area contributed by atoms with Crippen LogP contribution in [0, 0.1) is 0 Å². The zero-order valence-electron chi connectivity index (χ0n) is 15.5. The Morgan fingerprint density at radius 1 is 1.29 bits per heavy atom. The molecular weight excluding hydrogens is 376 g/mol. The number of anilines is 1. The van der Waals surface area contributed by atoms with Crippen LogP contribution >= 0.6 is 11.6 Å². The molecule has 144 valence electrons. The molecule has 2 N–H and O–H groups in total. The summed E-state index contributed by atoms with van der Waals surface area (Å²) < 4.78 is 1.63. The van der Waals surface area contributed by atoms with E-state index in [2.05, 4.69) is 15.1 Å². The average molecular weight is 397 g/mol. The highest BCUT2D eigenvalue weighted by Gasteiger charge is 2.32. The van der Waals surface area contributed by atoms with Crippen LogP contribution in [-0.2, 0) is 7.05 Å². The molecule has 4 rings (SSSR count). The van der Waals surface area contributed by atoms with Gasteiger partial charge in [0.05, 0.1) is 23.5 Å². The lowest BCUT2D eigenvalue weighted by molar-refractivity contribution is 0.0606. The number of carbonyl (C=O) groups excluding carboxylic acids is 1. The van der Waals surface area contributed by atoms with E-state index < -0.39 is 0 Å². The number of nitrogens with two attached hydrogens (primary N) is 1. The highest BCUT2D eigenvalue weighted by Crippen LogP contribution is 2.37. The first-order valence-corrected chi connectivity index (χ1v) is 9.58. The van der Waals surface area contributed by atoms with E-state index in [1.165, 1.54) is 0 Å². The Morgan fingerprint density at radius 2 is 2.14 bits per heavy atom. The van der Waals surface area contributed by atoms with Crippen molar-refractivity contribution in [2.45, 2.75) is 25.3 Å². The molecule has 0 bridgehead atoms. The number of aromatic nitrogens is 4. The summed E-state index contributed by atoms with van der Waals surface area (Å²) in [7, 11) is 1.80. The fourth-order valence-corrected chi connectivity index (χ4v) is 3.89. The minimum atomic E-state index is -0.180. The standard InChI is InChI=1S/C20H21ClN6O/c1-26-12-14(10-24-26)19(28)27-8-3-2-7-17(27)18-16(11-23-20(22)25-18)13-5-4-6-15(21)9-13/h4-6,9-12,17H,2-3,7-8H2,1H3,(H2,22,23,25)/t17-/m0/s1. The molecule has 3 aromatic rings. The lowest BCUT2D eigenvalue weighted by Crippen LogP contribution is -2.39. The summed E-state index contributed by atoms with van der Waals surface area (Å²) in [5.41, 5.74) is 8.98. The predicted molar refractivity (Wildman–Crippen MR) is 108 cm³/mol. The smallest absolute Gasteiger partial charge is 0.257 e. The van der Waals surface area contributed by atoms with Crippen LogP contribution in [0.2, 0.25) is 5.02 Å². The summed E-state index contributed by atoms with van der Waals surface area (Å²) in [6.07, 6.45) is 7.83. The van der Waals surface area contributed by atoms with Crippen molar-refractivity contribution >= 4 is 23.5 Å². The summed E-state index contributed by atoms with van der Waals surface area (Å²) >= 11 is 6.19. The van der Waals surface area contributed by atoms with Gasteiger partial charge < -0.3 is 10.6 Å². The topological polar surface area (TPSA) is 89.9 Å². The first-order chi connectivity index (χ1) is 13.5. The van der Waals surface area contributed by atoms with Crippen molar-refractivity contribution < 1.29 is 4.79 Å². The molecule has 8 heteroatoms. The molecule has 0 saturated carbocycles. The molecule has 28 heavy (non-hydrogen) atoms. The molecule has 1 aliphatic rings. The second-order valence-corrected chi connectivity index (χ2v) is 7.39. The van der Waals surface area contributed by atoms with E-state index in [0.717, 1.165) is 36.1 Å². The molecule has 7 nitrogen and oxygen atoms in total. The minimum Gasteiger partial charge on any atom is -0.368 e. The third-order valence-corrected chi connectivity index (χ3v) is 5.24. The first-order valence-electron chi connectivity index (χ1n) is 9.21. The minimum absolute atomic E-state index is 0.0490. The summed E-state index contributed by atoms with van der Waals surface area (Å²) in [6.45, 7) is 0.664. The molecule has 3 heterocycles. The number of hydrogen-bond acceptors (Lipinski definition) is 5. The first kappa shape index (κ1) is 18.4. The number of amides is 1. The Hall–Kier alpha value is -2.93. The van der Waals surface area contributed by atoms with Crippen LogP contribution in [0.4, 0.5) is 5.95 Å². The third-order valence-electron chi connectivity index (χ3n) is 5.00. The van der Waals surface area contributed by atoms with Crippen molar-refractivity contribution in [2.24, 2.45) is 7.05 Å². The normalized spacial score (nSPS) is 16.9. The molecule has 1 atom stereocenters. The van der Waals surface area contributed by atoms with Crippen LogP contribution in [-0.4, -0.2) is 37.1 Å². The van der Waals surface area contributed by atoms with E-state index in [1.54, 1.807) is 30.3 Å². The molecule has 0 radical (unpaired) electrons. The molecule has 2 aromatic heterocycles. The second kappa shape index (κ2) is 7.59. The van der Waals surface area contributed by atoms with Crippen molar-refractivity contribution in [2.75, 3.05) is 12.3 Å². The van der Waals surface area contributed by atoms with Gasteiger partial charge >= 0.3 is 0 Å². The number of carbonyl (C=O) groups is 1. The Bertz CT molecular complexity index is 1020. The van der Waals surface area contributed by atoms with E-state index in [4.69, 9.17) is 17.3 Å². The molecule has 0 spiro atoms. The van der Waals surface area contributed by atoms with Crippen molar-refractivity contribution in [3.05, 3.63) is 59.1 Å². The zero-order valence-corrected chi connectivity index (χ0v) is 16.3. The summed E-state index contributed by atoms with van der Waals surface area (Å²) in [5.74, 6) is 0.146. The van der Waals surface area contributed by atoms with E-state index in [0.29, 0.717) is 17.1 Å². The highest BCUT2D eigenvalue weighted by atomic mass is 35.5. The van der Waals surface area contributed by atoms with Crippen LogP contribution in [0.25, 0.3) is 11.1 Å². The molecule has 0 aliphatic carbocycles. The van der Waals surface area contributed by atoms with Gasteiger partial charge in [-0.3, -0.25) is 9.48 Å². The number of benzene rings is 1. The Labute approximate surface area is 168 Å². The van der Waals surface area contributed by atoms with Crippen LogP contribution in [0.5, 0.6) is 0 Å². The summed E-state index contributed by atoms with van der Waals surface area (Å²) in [6, 6.07) is 7.36. The maximum absolute atomic E-state index is 13.2. The molecule has 1 aromatic carbocycles. The van der Waals surface area contributed by atoms with E-state index in [-0.39, 0.29) is 17.9 Å². The number of aryl methyl sites for hydroxylation is 1. The van der Waals surface area contributed by atoms with Crippen LogP contribution in [0.3, 0.4) is 0 Å². The predicted octanol–water partition coefficient (Wildman–Crippen LogP) is 3.48. The third kappa shape index (κ3) is 3.57. The molecule has 1 saturated heterocycles. The van der Waals surface area contributed by atoms with Gasteiger partial charge in [-0.05, 0) is 37.0 Å². The van der Waals surface area contributed by atoms with Crippen molar-refractivity contribution in [3.63, 3.8) is 0 Å². The van der Waals surface area contributed by atoms with Crippen molar-refractivity contribution in [1.29, 1.82) is 0 Å². The summed E-state index contributed by atoms with van der Waals surface area (Å²) in [4.78, 5) is 23.8. The van der Waals surface area contributed by atoms with Crippen molar-refractivity contribution in [3.8, 4) is 11.1 Å². The fraction of sp³-hybridized carbons (Fsp3) is 0.300. The van der Waals surface area contributed by atoms with Gasteiger partial charge in [-0.2, -0.15) is 5.10 Å². The van der Waals surface area contributed by atoms with Gasteiger partial charge in [-0.15, -0.1) is 0 Å². The van der Waals surface area contributed by atoms with Gasteiger partial charge in [0.15, 0.2) is 0 Å². The van der Waals surface area contributed by atoms with E-state index >= 15 is 0 Å². The number of nitrogen functional groups attached to an aromatic ring is 1. The highest BCUT2D eigenvalue weighted by molar-refractivity contribution is 6.30. The Kier molecular flexibility index (Phi) is 5.00. The van der Waals surface area contributed by atoms with Gasteiger partial charge in [0.1, 0.15) is 0 Å². The van der Waals surface area contributed by atoms with Gasteiger partial charge in [-0.1, -0.05) is 23.7 Å². The van der Waals surface area contributed by atoms with Crippen LogP contribution < -0.4 is 5.73 Å². The SMILES string of the molecule is Cn1cc(C(=O)N2CCCC[C@H]2c2nc(N)ncc2-c2cccc(Cl)c2)cn1. The van der Waals surface area contributed by atoms with Gasteiger partial charge in [0.25, 0.3) is 5.91 Å². The molecular formula is C20H21ClN6O. The number of hydrogen-bond donors (Lipinski definition) is 1. The monoisotopic (exact) mass is 396 g/mol. The number of rotatable bonds is 3. The number of likely N-dealkylation sites (tertiary alicyclic amines) is 1. The van der Waals surface area contributed by atoms with Gasteiger partial charge in [0.2, 0.25) is 5.95 Å². The zero-order chi connectivity index (χ0) is 19.7. The van der Waals surface area contributed by atoms with Crippen LogP contribution in [0.15, 0.2) is 42.9 Å². The largest absolute Gasteiger partial charge is 0.368 e. The number of halogens is 1. The lowest BCUT2D eigenvalue weighted by atomic mass is 9.93. The summed E-state index contributed by atoms with van der Waals surface area (Å²) in [5, 5.41) is 4.76. The number of piperidine rings is 1. The molecule has 1 fully saturated rings.